The summed E-state index contributed by atoms with van der Waals surface area (Å²) in [5.41, 5.74) is 0. The predicted molar refractivity (Wildman–Crippen MR) is 55.9 cm³/mol. The Labute approximate surface area is 81.5 Å². The SMILES string of the molecule is C1CCC2CCNCC(CC1)NC2. The topological polar surface area (TPSA) is 24.1 Å². The third kappa shape index (κ3) is 2.96. The fourth-order valence-corrected chi connectivity index (χ4v) is 2.54. The fraction of sp³-hybridized carbons (Fsp3) is 1.00. The highest BCUT2D eigenvalue weighted by Crippen LogP contribution is 2.18. The van der Waals surface area contributed by atoms with Crippen LogP contribution in [0.1, 0.15) is 38.5 Å². The highest BCUT2D eigenvalue weighted by atomic mass is 15.0. The molecule has 0 radical (unpaired) electrons. The van der Waals surface area contributed by atoms with Crippen molar-refractivity contribution < 1.29 is 0 Å². The van der Waals surface area contributed by atoms with Gasteiger partial charge in [-0.25, -0.2) is 0 Å². The first kappa shape index (κ1) is 9.47. The zero-order valence-electron chi connectivity index (χ0n) is 8.52. The van der Waals surface area contributed by atoms with E-state index >= 15 is 0 Å². The summed E-state index contributed by atoms with van der Waals surface area (Å²) in [4.78, 5) is 0. The van der Waals surface area contributed by atoms with Crippen LogP contribution in [0.3, 0.4) is 0 Å². The van der Waals surface area contributed by atoms with Crippen LogP contribution >= 0.6 is 0 Å². The van der Waals surface area contributed by atoms with Gasteiger partial charge < -0.3 is 10.6 Å². The standard InChI is InChI=1S/C11H22N2/c1-2-4-10-6-7-12-9-11(5-3-1)13-8-10/h10-13H,1-9H2. The maximum Gasteiger partial charge on any atom is 0.0192 e. The molecule has 0 saturated carbocycles. The Kier molecular flexibility index (Phi) is 3.62. The van der Waals surface area contributed by atoms with E-state index in [0.29, 0.717) is 0 Å². The van der Waals surface area contributed by atoms with E-state index in [-0.39, 0.29) is 0 Å². The van der Waals surface area contributed by atoms with Gasteiger partial charge in [0.05, 0.1) is 0 Å². The smallest absolute Gasteiger partial charge is 0.0192 e. The minimum atomic E-state index is 0.751. The Balaban J connectivity index is 1.92. The van der Waals surface area contributed by atoms with Crippen LogP contribution in [-0.2, 0) is 0 Å². The summed E-state index contributed by atoms with van der Waals surface area (Å²) >= 11 is 0. The fourth-order valence-electron chi connectivity index (χ4n) is 2.54. The quantitative estimate of drug-likeness (QED) is 0.593. The first-order chi connectivity index (χ1) is 6.45. The predicted octanol–water partition coefficient (Wildman–Crippen LogP) is 1.52. The summed E-state index contributed by atoms with van der Waals surface area (Å²) in [6.45, 7) is 3.70. The van der Waals surface area contributed by atoms with E-state index in [4.69, 9.17) is 0 Å². The molecule has 13 heavy (non-hydrogen) atoms. The van der Waals surface area contributed by atoms with E-state index < -0.39 is 0 Å². The molecule has 2 aliphatic rings. The van der Waals surface area contributed by atoms with Gasteiger partial charge >= 0.3 is 0 Å². The van der Waals surface area contributed by atoms with E-state index in [1.165, 1.54) is 58.2 Å². The van der Waals surface area contributed by atoms with E-state index in [2.05, 4.69) is 10.6 Å². The minimum absolute atomic E-state index is 0.751. The zero-order valence-corrected chi connectivity index (χ0v) is 8.52. The van der Waals surface area contributed by atoms with Crippen molar-refractivity contribution in [3.8, 4) is 0 Å². The number of hydrogen-bond acceptors (Lipinski definition) is 2. The molecule has 2 rings (SSSR count). The van der Waals surface area contributed by atoms with Crippen molar-refractivity contribution in [1.82, 2.24) is 10.6 Å². The minimum Gasteiger partial charge on any atom is -0.315 e. The molecule has 2 nitrogen and oxygen atoms in total. The molecule has 2 fully saturated rings. The van der Waals surface area contributed by atoms with Crippen molar-refractivity contribution in [2.45, 2.75) is 44.6 Å². The summed E-state index contributed by atoms with van der Waals surface area (Å²) in [5, 5.41) is 7.25. The summed E-state index contributed by atoms with van der Waals surface area (Å²) in [6, 6.07) is 0.751. The summed E-state index contributed by atoms with van der Waals surface area (Å²) in [7, 11) is 0. The van der Waals surface area contributed by atoms with Gasteiger partial charge in [-0.05, 0) is 38.3 Å². The highest BCUT2D eigenvalue weighted by molar-refractivity contribution is 4.78. The largest absolute Gasteiger partial charge is 0.315 e. The van der Waals surface area contributed by atoms with Crippen LogP contribution in [-0.4, -0.2) is 25.7 Å². The maximum absolute atomic E-state index is 3.70. The van der Waals surface area contributed by atoms with Crippen LogP contribution < -0.4 is 10.6 Å². The lowest BCUT2D eigenvalue weighted by atomic mass is 9.98. The van der Waals surface area contributed by atoms with Gasteiger partial charge in [-0.15, -0.1) is 0 Å². The lowest BCUT2D eigenvalue weighted by Gasteiger charge is -2.25. The molecule has 0 aromatic carbocycles. The van der Waals surface area contributed by atoms with Crippen LogP contribution in [0.5, 0.6) is 0 Å². The molecule has 0 aromatic heterocycles. The molecule has 2 N–H and O–H groups in total. The van der Waals surface area contributed by atoms with Gasteiger partial charge in [-0.3, -0.25) is 0 Å². The third-order valence-corrected chi connectivity index (χ3v) is 3.48. The van der Waals surface area contributed by atoms with Crippen molar-refractivity contribution in [3.63, 3.8) is 0 Å². The second-order valence-corrected chi connectivity index (χ2v) is 4.60. The Morgan fingerprint density at radius 2 is 1.77 bits per heavy atom. The molecule has 0 amide bonds. The molecular formula is C11H22N2. The third-order valence-electron chi connectivity index (χ3n) is 3.48. The monoisotopic (exact) mass is 182 g/mol. The molecule has 2 unspecified atom stereocenters. The van der Waals surface area contributed by atoms with Crippen LogP contribution in [0.2, 0.25) is 0 Å². The van der Waals surface area contributed by atoms with Gasteiger partial charge in [0.15, 0.2) is 0 Å². The maximum atomic E-state index is 3.70. The molecule has 2 atom stereocenters. The summed E-state index contributed by atoms with van der Waals surface area (Å²) < 4.78 is 0. The average molecular weight is 182 g/mol. The molecule has 2 bridgehead atoms. The molecule has 2 saturated heterocycles. The van der Waals surface area contributed by atoms with Crippen LogP contribution in [0.4, 0.5) is 0 Å². The highest BCUT2D eigenvalue weighted by Gasteiger charge is 2.17. The first-order valence-corrected chi connectivity index (χ1v) is 5.89. The molecule has 0 aliphatic carbocycles. The van der Waals surface area contributed by atoms with Crippen LogP contribution in [0, 0.1) is 5.92 Å². The van der Waals surface area contributed by atoms with E-state index in [9.17, 15) is 0 Å². The van der Waals surface area contributed by atoms with Gasteiger partial charge in [0.25, 0.3) is 0 Å². The number of fused-ring (bicyclic) bond motifs is 3. The average Bonchev–Trinajstić information content (AvgIpc) is 2.17. The molecule has 2 heterocycles. The van der Waals surface area contributed by atoms with Crippen LogP contribution in [0.25, 0.3) is 0 Å². The van der Waals surface area contributed by atoms with Gasteiger partial charge in [-0.1, -0.05) is 19.3 Å². The molecule has 76 valence electrons. The molecule has 2 aliphatic heterocycles. The van der Waals surface area contributed by atoms with Crippen molar-refractivity contribution in [2.24, 2.45) is 5.92 Å². The van der Waals surface area contributed by atoms with Crippen molar-refractivity contribution in [3.05, 3.63) is 0 Å². The summed E-state index contributed by atoms with van der Waals surface area (Å²) in [6.07, 6.45) is 8.53. The normalized spacial score (nSPS) is 36.9. The Morgan fingerprint density at radius 3 is 2.77 bits per heavy atom. The second kappa shape index (κ2) is 4.97. The molecule has 0 aromatic rings. The Hall–Kier alpha value is -0.0800. The molecular weight excluding hydrogens is 160 g/mol. The van der Waals surface area contributed by atoms with E-state index in [1.54, 1.807) is 0 Å². The van der Waals surface area contributed by atoms with Crippen molar-refractivity contribution in [1.29, 1.82) is 0 Å². The molecule has 2 heteroatoms. The van der Waals surface area contributed by atoms with Gasteiger partial charge in [0.1, 0.15) is 0 Å². The zero-order chi connectivity index (χ0) is 8.93. The number of rotatable bonds is 0. The van der Waals surface area contributed by atoms with Crippen molar-refractivity contribution >= 4 is 0 Å². The Morgan fingerprint density at radius 1 is 0.846 bits per heavy atom. The van der Waals surface area contributed by atoms with E-state index in [1.807, 2.05) is 0 Å². The lowest BCUT2D eigenvalue weighted by Crippen LogP contribution is -2.44. The summed E-state index contributed by atoms with van der Waals surface area (Å²) in [5.74, 6) is 0.938. The van der Waals surface area contributed by atoms with Gasteiger partial charge in [0, 0.05) is 12.6 Å². The first-order valence-electron chi connectivity index (χ1n) is 5.89. The van der Waals surface area contributed by atoms with Crippen LogP contribution in [0.15, 0.2) is 0 Å². The van der Waals surface area contributed by atoms with Gasteiger partial charge in [-0.2, -0.15) is 0 Å². The van der Waals surface area contributed by atoms with Gasteiger partial charge in [0.2, 0.25) is 0 Å². The Bertz CT molecular complexity index is 131. The van der Waals surface area contributed by atoms with E-state index in [0.717, 1.165) is 12.0 Å². The lowest BCUT2D eigenvalue weighted by molar-refractivity contribution is 0.343. The molecule has 0 spiro atoms. The second-order valence-electron chi connectivity index (χ2n) is 4.60. The number of nitrogens with one attached hydrogen (secondary N) is 2. The number of hydrogen-bond donors (Lipinski definition) is 2. The van der Waals surface area contributed by atoms with Crippen molar-refractivity contribution in [2.75, 3.05) is 19.6 Å².